The van der Waals surface area contributed by atoms with E-state index in [0.29, 0.717) is 23.3 Å². The summed E-state index contributed by atoms with van der Waals surface area (Å²) < 4.78 is 5.02. The van der Waals surface area contributed by atoms with Gasteiger partial charge in [-0.15, -0.1) is 0 Å². The molecule has 0 atom stereocenters. The topological polar surface area (TPSA) is 43.4 Å². The summed E-state index contributed by atoms with van der Waals surface area (Å²) in [6.07, 6.45) is 6.63. The van der Waals surface area contributed by atoms with Gasteiger partial charge in [0.05, 0.1) is 5.41 Å². The molecule has 0 radical (unpaired) electrons. The molecular weight excluding hydrogens is 294 g/mol. The third kappa shape index (κ3) is 2.56. The Kier molecular flexibility index (Phi) is 4.02. The number of carbonyl (C=O) groups excluding carboxylic acids is 2. The summed E-state index contributed by atoms with van der Waals surface area (Å²) >= 11 is 0. The van der Waals surface area contributed by atoms with Crippen molar-refractivity contribution in [3.05, 3.63) is 12.2 Å². The van der Waals surface area contributed by atoms with E-state index in [0.717, 1.165) is 19.3 Å². The average Bonchev–Trinajstić information content (AvgIpc) is 2.26. The summed E-state index contributed by atoms with van der Waals surface area (Å²) in [7, 11) is 0. The first-order valence-corrected chi connectivity index (χ1v) is 6.90. The van der Waals surface area contributed by atoms with Crippen LogP contribution in [0, 0.1) is 23.2 Å². The van der Waals surface area contributed by atoms with Crippen molar-refractivity contribution in [2.24, 2.45) is 23.2 Å². The maximum absolute atomic E-state index is 12.3. The minimum absolute atomic E-state index is 0. The zero-order valence-electron chi connectivity index (χ0n) is 11.6. The van der Waals surface area contributed by atoms with Crippen molar-refractivity contribution in [1.29, 1.82) is 0 Å². The first-order valence-electron chi connectivity index (χ1n) is 6.90. The number of hydrogen-bond acceptors (Lipinski definition) is 3. The second-order valence-electron chi connectivity index (χ2n) is 6.66. The molecule has 0 spiro atoms. The van der Waals surface area contributed by atoms with Crippen molar-refractivity contribution in [2.45, 2.75) is 45.4 Å². The first-order chi connectivity index (χ1) is 8.48. The van der Waals surface area contributed by atoms with Crippen LogP contribution in [0.15, 0.2) is 12.2 Å². The molecule has 3 nitrogen and oxygen atoms in total. The van der Waals surface area contributed by atoms with Crippen molar-refractivity contribution in [3.63, 3.8) is 0 Å². The maximum Gasteiger partial charge on any atom is 0.340 e. The number of carbonyl (C=O) groups is 2. The van der Waals surface area contributed by atoms with Crippen LogP contribution in [0.1, 0.15) is 45.4 Å². The van der Waals surface area contributed by atoms with Gasteiger partial charge in [-0.3, -0.25) is 4.79 Å². The fourth-order valence-corrected chi connectivity index (χ4v) is 4.64. The van der Waals surface area contributed by atoms with Gasteiger partial charge in [0.1, 0.15) is 0 Å². The molecule has 4 bridgehead atoms. The first kappa shape index (κ1) is 14.9. The van der Waals surface area contributed by atoms with Gasteiger partial charge in [0.15, 0.2) is 0 Å². The van der Waals surface area contributed by atoms with Gasteiger partial charge in [-0.1, -0.05) is 6.58 Å². The standard InChI is InChI=1S/C15H20O3.Zn/c1-9(2)13(16)18-14(17)15-6-10-3-11(7-15)5-12(4-10)8-15;/h10-12H,1,3-8H2,2H3;. The molecule has 4 aliphatic rings. The van der Waals surface area contributed by atoms with Crippen LogP contribution >= 0.6 is 0 Å². The van der Waals surface area contributed by atoms with E-state index in [1.54, 1.807) is 6.92 Å². The van der Waals surface area contributed by atoms with Gasteiger partial charge < -0.3 is 4.74 Å². The number of esters is 2. The van der Waals surface area contributed by atoms with E-state index >= 15 is 0 Å². The summed E-state index contributed by atoms with van der Waals surface area (Å²) in [5, 5.41) is 0. The number of ether oxygens (including phenoxy) is 1. The molecule has 4 heteroatoms. The predicted octanol–water partition coefficient (Wildman–Crippen LogP) is 2.85. The summed E-state index contributed by atoms with van der Waals surface area (Å²) in [5.41, 5.74) is -0.0482. The molecule has 0 amide bonds. The van der Waals surface area contributed by atoms with E-state index in [1.807, 2.05) is 0 Å². The molecule has 19 heavy (non-hydrogen) atoms. The Morgan fingerprint density at radius 2 is 1.47 bits per heavy atom. The second-order valence-corrected chi connectivity index (χ2v) is 6.66. The smallest absolute Gasteiger partial charge is 0.340 e. The van der Waals surface area contributed by atoms with E-state index in [1.165, 1.54) is 19.3 Å². The molecule has 0 aromatic rings. The van der Waals surface area contributed by atoms with Crippen molar-refractivity contribution < 1.29 is 33.8 Å². The fourth-order valence-electron chi connectivity index (χ4n) is 4.64. The Hall–Kier alpha value is -0.497. The van der Waals surface area contributed by atoms with Crippen molar-refractivity contribution >= 4 is 11.9 Å². The average molecular weight is 314 g/mol. The molecule has 0 N–H and O–H groups in total. The molecular formula is C15H20O3Zn. The Balaban J connectivity index is 0.00000133. The number of rotatable bonds is 2. The normalized spacial score (nSPS) is 38.5. The molecule has 0 unspecified atom stereocenters. The molecule has 0 aromatic carbocycles. The van der Waals surface area contributed by atoms with E-state index in [4.69, 9.17) is 4.74 Å². The molecule has 0 aromatic heterocycles. The molecule has 4 rings (SSSR count). The SMILES string of the molecule is C=C(C)C(=O)OC(=O)C12CC3CC(CC(C3)C1)C2.[Zn]. The van der Waals surface area contributed by atoms with Crippen LogP contribution in [-0.4, -0.2) is 11.9 Å². The van der Waals surface area contributed by atoms with Crippen molar-refractivity contribution in [1.82, 2.24) is 0 Å². The van der Waals surface area contributed by atoms with Gasteiger partial charge in [-0.25, -0.2) is 4.79 Å². The largest absolute Gasteiger partial charge is 0.389 e. The van der Waals surface area contributed by atoms with Gasteiger partial charge in [0.25, 0.3) is 0 Å². The number of hydrogen-bond donors (Lipinski definition) is 0. The Labute approximate surface area is 126 Å². The summed E-state index contributed by atoms with van der Waals surface area (Å²) in [4.78, 5) is 23.8. The van der Waals surface area contributed by atoms with Gasteiger partial charge in [-0.05, 0) is 63.2 Å². The third-order valence-corrected chi connectivity index (χ3v) is 5.01. The van der Waals surface area contributed by atoms with Gasteiger partial charge in [0.2, 0.25) is 0 Å². The van der Waals surface area contributed by atoms with Crippen LogP contribution < -0.4 is 0 Å². The van der Waals surface area contributed by atoms with E-state index in [9.17, 15) is 9.59 Å². The molecule has 4 saturated carbocycles. The van der Waals surface area contributed by atoms with Crippen LogP contribution in [0.3, 0.4) is 0 Å². The van der Waals surface area contributed by atoms with E-state index in [2.05, 4.69) is 6.58 Å². The van der Waals surface area contributed by atoms with Crippen LogP contribution in [0.25, 0.3) is 0 Å². The zero-order chi connectivity index (χ0) is 12.9. The van der Waals surface area contributed by atoms with Gasteiger partial charge in [-0.2, -0.15) is 0 Å². The molecule has 4 fully saturated rings. The molecule has 4 aliphatic carbocycles. The van der Waals surface area contributed by atoms with Gasteiger partial charge in [0, 0.05) is 25.1 Å². The molecule has 0 heterocycles. The van der Waals surface area contributed by atoms with Crippen LogP contribution in [0.5, 0.6) is 0 Å². The molecule has 0 saturated heterocycles. The van der Waals surface area contributed by atoms with Crippen LogP contribution in [-0.2, 0) is 33.8 Å². The van der Waals surface area contributed by atoms with E-state index in [-0.39, 0.29) is 30.9 Å². The van der Waals surface area contributed by atoms with E-state index < -0.39 is 5.97 Å². The second kappa shape index (κ2) is 5.12. The quantitative estimate of drug-likeness (QED) is 0.341. The monoisotopic (exact) mass is 312 g/mol. The zero-order valence-corrected chi connectivity index (χ0v) is 14.6. The summed E-state index contributed by atoms with van der Waals surface area (Å²) in [5.74, 6) is 1.21. The van der Waals surface area contributed by atoms with Gasteiger partial charge >= 0.3 is 11.9 Å². The fraction of sp³-hybridized carbons (Fsp3) is 0.733. The van der Waals surface area contributed by atoms with Crippen LogP contribution in [0.2, 0.25) is 0 Å². The maximum atomic E-state index is 12.3. The Bertz CT molecular complexity index is 392. The van der Waals surface area contributed by atoms with Crippen molar-refractivity contribution in [2.75, 3.05) is 0 Å². The summed E-state index contributed by atoms with van der Waals surface area (Å²) in [6.45, 7) is 5.11. The predicted molar refractivity (Wildman–Crippen MR) is 66.5 cm³/mol. The molecule has 100 valence electrons. The summed E-state index contributed by atoms with van der Waals surface area (Å²) in [6, 6.07) is 0. The minimum atomic E-state index is -0.559. The van der Waals surface area contributed by atoms with Crippen molar-refractivity contribution in [3.8, 4) is 0 Å². The Morgan fingerprint density at radius 3 is 1.84 bits per heavy atom. The third-order valence-electron chi connectivity index (χ3n) is 5.01. The molecule has 0 aliphatic heterocycles. The minimum Gasteiger partial charge on any atom is -0.389 e. The Morgan fingerprint density at radius 1 is 1.05 bits per heavy atom. The van der Waals surface area contributed by atoms with Crippen LogP contribution in [0.4, 0.5) is 0 Å².